The molecule has 0 saturated heterocycles. The zero-order chi connectivity index (χ0) is 27.9. The van der Waals surface area contributed by atoms with Crippen molar-refractivity contribution in [1.82, 2.24) is 10.6 Å². The topological polar surface area (TPSA) is 138 Å². The predicted molar refractivity (Wildman–Crippen MR) is 161 cm³/mol. The van der Waals surface area contributed by atoms with Crippen molar-refractivity contribution < 1.29 is 48.9 Å². The van der Waals surface area contributed by atoms with Gasteiger partial charge in [0.2, 0.25) is 11.8 Å². The Balaban J connectivity index is -0.000000608. The van der Waals surface area contributed by atoms with E-state index in [2.05, 4.69) is 86.4 Å². The van der Waals surface area contributed by atoms with Crippen LogP contribution in [-0.2, 0) is 38.7 Å². The molecule has 0 aliphatic heterocycles. The number of carbonyl (C=O) groups excluding carboxylic acids is 4. The van der Waals surface area contributed by atoms with E-state index in [1.54, 1.807) is 0 Å². The van der Waals surface area contributed by atoms with Crippen molar-refractivity contribution in [2.24, 2.45) is 0 Å². The molecule has 0 saturated carbocycles. The molecule has 4 atom stereocenters. The molecule has 0 aliphatic carbocycles. The van der Waals surface area contributed by atoms with Gasteiger partial charge in [-0.25, -0.2) is 0 Å². The van der Waals surface area contributed by atoms with Gasteiger partial charge in [-0.1, -0.05) is 12.8 Å². The number of hydrogen-bond acceptors (Lipinski definition) is 12. The third-order valence-corrected chi connectivity index (χ3v) is 7.19. The van der Waals surface area contributed by atoms with E-state index >= 15 is 0 Å². The van der Waals surface area contributed by atoms with Crippen LogP contribution in [0.5, 0.6) is 0 Å². The van der Waals surface area contributed by atoms with Crippen molar-refractivity contribution >= 4 is 99.5 Å². The van der Waals surface area contributed by atoms with Crippen molar-refractivity contribution in [2.75, 3.05) is 23.0 Å². The first-order valence-electron chi connectivity index (χ1n) is 11.8. The van der Waals surface area contributed by atoms with Crippen LogP contribution in [0, 0.1) is 0 Å². The van der Waals surface area contributed by atoms with E-state index in [1.165, 1.54) is 0 Å². The fraction of sp³-hybridized carbons (Fsp3) is 0.818. The maximum Gasteiger partial charge on any atom is 2.00 e. The number of amides is 2. The molecule has 37 heavy (non-hydrogen) atoms. The van der Waals surface area contributed by atoms with Crippen molar-refractivity contribution in [1.29, 1.82) is 0 Å². The molecule has 212 valence electrons. The van der Waals surface area contributed by atoms with Gasteiger partial charge in [0, 0.05) is 34.8 Å². The number of aliphatic carboxylic acids is 2. The first kappa shape index (κ1) is 42.1. The standard InChI is InChI=1S/2C11H21NO3S3.Zn/c2*13-10(12-9(7-17)11(14)15)4-2-1-3-8(18)5-6-16;/h2*8-9,16-18H,1-7H2,(H,12,13)(H,14,15);/q;;+2/p-2/t2*8?,9-;/m00./s1. The molecule has 0 radical (unpaired) electrons. The second-order valence-corrected chi connectivity index (χ2v) is 11.2. The van der Waals surface area contributed by atoms with E-state index in [-0.39, 0.29) is 42.8 Å². The van der Waals surface area contributed by atoms with Crippen molar-refractivity contribution in [2.45, 2.75) is 86.8 Å². The average Bonchev–Trinajstić information content (AvgIpc) is 2.82. The number of carboxylic acids is 2. The third-order valence-electron chi connectivity index (χ3n) is 4.91. The Morgan fingerprint density at radius 1 is 0.595 bits per heavy atom. The summed E-state index contributed by atoms with van der Waals surface area (Å²) in [5.41, 5.74) is 0. The van der Waals surface area contributed by atoms with Crippen LogP contribution in [0.25, 0.3) is 0 Å². The molecule has 2 amide bonds. The molecule has 2 unspecified atom stereocenters. The van der Waals surface area contributed by atoms with Crippen LogP contribution >= 0.6 is 75.8 Å². The van der Waals surface area contributed by atoms with Gasteiger partial charge in [-0.05, 0) is 50.0 Å². The van der Waals surface area contributed by atoms with Gasteiger partial charge in [0.25, 0.3) is 0 Å². The number of carboxylic acid groups (broad SMARTS) is 2. The Morgan fingerprint density at radius 3 is 1.16 bits per heavy atom. The Labute approximate surface area is 267 Å². The molecule has 0 bridgehead atoms. The van der Waals surface area contributed by atoms with Gasteiger partial charge < -0.3 is 30.4 Å². The summed E-state index contributed by atoms with van der Waals surface area (Å²) in [4.78, 5) is 44.0. The molecule has 0 aromatic carbocycles. The Kier molecular flexibility index (Phi) is 32.0. The number of carbonyl (C=O) groups is 4. The SMILES string of the molecule is O=C(CCCCC(S)CCS)N[C@@H](CS)C(=O)[O-].O=C(CCCCC(S)CCS)N[C@@H](CS)C(=O)[O-].[Zn+2]. The van der Waals surface area contributed by atoms with Crippen LogP contribution in [0.1, 0.15) is 64.2 Å². The first-order valence-corrected chi connectivity index (χ1v) is 15.4. The summed E-state index contributed by atoms with van der Waals surface area (Å²) >= 11 is 24.7. The van der Waals surface area contributed by atoms with Gasteiger partial charge in [0.15, 0.2) is 0 Å². The van der Waals surface area contributed by atoms with E-state index < -0.39 is 24.0 Å². The minimum atomic E-state index is -1.30. The molecular weight excluding hydrogens is 646 g/mol. The monoisotopic (exact) mass is 684 g/mol. The van der Waals surface area contributed by atoms with Crippen LogP contribution in [0.15, 0.2) is 0 Å². The Bertz CT molecular complexity index is 586. The Morgan fingerprint density at radius 2 is 0.919 bits per heavy atom. The van der Waals surface area contributed by atoms with Gasteiger partial charge in [-0.15, -0.1) is 0 Å². The van der Waals surface area contributed by atoms with Gasteiger partial charge in [-0.3, -0.25) is 9.59 Å². The molecule has 8 nitrogen and oxygen atoms in total. The summed E-state index contributed by atoms with van der Waals surface area (Å²) in [6, 6.07) is -2.02. The summed E-state index contributed by atoms with van der Waals surface area (Å²) in [6.07, 6.45) is 7.65. The fourth-order valence-corrected chi connectivity index (χ4v) is 4.94. The number of hydrogen-bond donors (Lipinski definition) is 8. The van der Waals surface area contributed by atoms with Crippen LogP contribution in [0.2, 0.25) is 0 Å². The van der Waals surface area contributed by atoms with Crippen molar-refractivity contribution in [3.63, 3.8) is 0 Å². The molecule has 0 aromatic rings. The van der Waals surface area contributed by atoms with Crippen LogP contribution in [-0.4, -0.2) is 69.3 Å². The maximum atomic E-state index is 11.4. The molecule has 15 heteroatoms. The average molecular weight is 686 g/mol. The van der Waals surface area contributed by atoms with Crippen LogP contribution in [0.3, 0.4) is 0 Å². The van der Waals surface area contributed by atoms with Crippen LogP contribution in [0.4, 0.5) is 0 Å². The summed E-state index contributed by atoms with van der Waals surface area (Å²) in [6.45, 7) is 0. The van der Waals surface area contributed by atoms with Crippen LogP contribution < -0.4 is 20.8 Å². The summed E-state index contributed by atoms with van der Waals surface area (Å²) < 4.78 is 0. The normalized spacial score (nSPS) is 13.6. The Hall–Kier alpha value is 0.603. The minimum Gasteiger partial charge on any atom is -0.548 e. The third kappa shape index (κ3) is 26.6. The molecule has 0 aromatic heterocycles. The second kappa shape index (κ2) is 28.1. The smallest absolute Gasteiger partial charge is 0.548 e. The van der Waals surface area contributed by atoms with E-state index in [0.717, 1.165) is 62.9 Å². The molecule has 0 spiro atoms. The second-order valence-electron chi connectivity index (χ2n) is 8.07. The minimum absolute atomic E-state index is 0. The number of thiol groups is 6. The maximum absolute atomic E-state index is 11.4. The largest absolute Gasteiger partial charge is 2.00 e. The van der Waals surface area contributed by atoms with E-state index in [0.29, 0.717) is 23.3 Å². The zero-order valence-corrected chi connectivity index (χ0v) is 29.4. The molecule has 0 rings (SSSR count). The first-order chi connectivity index (χ1) is 17.0. The van der Waals surface area contributed by atoms with E-state index in [9.17, 15) is 29.4 Å². The number of unbranched alkanes of at least 4 members (excludes halogenated alkanes) is 2. The molecule has 0 heterocycles. The number of nitrogens with one attached hydrogen (secondary N) is 2. The molecular formula is C22H40N2O6S6Zn. The summed E-state index contributed by atoms with van der Waals surface area (Å²) in [5, 5.41) is 26.5. The molecule has 0 fully saturated rings. The van der Waals surface area contributed by atoms with Gasteiger partial charge >= 0.3 is 19.5 Å². The van der Waals surface area contributed by atoms with Crippen molar-refractivity contribution in [3.05, 3.63) is 0 Å². The van der Waals surface area contributed by atoms with E-state index in [4.69, 9.17) is 0 Å². The summed E-state index contributed by atoms with van der Waals surface area (Å²) in [5.74, 6) is -1.46. The molecule has 2 N–H and O–H groups in total. The predicted octanol–water partition coefficient (Wildman–Crippen LogP) is 0.657. The van der Waals surface area contributed by atoms with E-state index in [1.807, 2.05) is 0 Å². The van der Waals surface area contributed by atoms with Gasteiger partial charge in [0.05, 0.1) is 24.0 Å². The summed E-state index contributed by atoms with van der Waals surface area (Å²) in [7, 11) is 0. The number of rotatable bonds is 20. The zero-order valence-electron chi connectivity index (χ0n) is 21.0. The quantitative estimate of drug-likeness (QED) is 0.0539. The van der Waals surface area contributed by atoms with Gasteiger partial charge in [-0.2, -0.15) is 75.8 Å². The van der Waals surface area contributed by atoms with Gasteiger partial charge in [0.1, 0.15) is 0 Å². The molecule has 0 aliphatic rings. The fourth-order valence-electron chi connectivity index (χ4n) is 2.81. The van der Waals surface area contributed by atoms with Crippen molar-refractivity contribution in [3.8, 4) is 0 Å².